The number of carbonyl (C=O) groups is 3. The molecule has 1 atom stereocenters. The molecule has 1 fully saturated rings. The molecule has 2 amide bonds. The molecule has 42 heavy (non-hydrogen) atoms. The third-order valence-electron chi connectivity index (χ3n) is 7.52. The summed E-state index contributed by atoms with van der Waals surface area (Å²) in [6, 6.07) is 5.83. The molecule has 0 bridgehead atoms. The van der Waals surface area contributed by atoms with Crippen LogP contribution in [0.15, 0.2) is 29.2 Å². The van der Waals surface area contributed by atoms with Gasteiger partial charge in [-0.25, -0.2) is 13.2 Å². The summed E-state index contributed by atoms with van der Waals surface area (Å²) in [7, 11) is -3.83. The van der Waals surface area contributed by atoms with Crippen LogP contribution < -0.4 is 5.32 Å². The number of sulfonamides is 1. The Balaban J connectivity index is 1.40. The highest BCUT2D eigenvalue weighted by atomic mass is 32.2. The van der Waals surface area contributed by atoms with Crippen LogP contribution in [0.4, 0.5) is 0 Å². The number of benzene rings is 1. The topological polar surface area (TPSA) is 140 Å². The molecule has 12 nitrogen and oxygen atoms in total. The zero-order valence-corrected chi connectivity index (χ0v) is 25.5. The molecule has 2 aromatic rings. The summed E-state index contributed by atoms with van der Waals surface area (Å²) in [6.45, 7) is 8.71. The summed E-state index contributed by atoms with van der Waals surface area (Å²) in [6.07, 6.45) is 2.79. The SMILES string of the molecule is CCc1nn(C[C@@H](C)COC(=O)c2cccc(S(=O)(=O)N3CCN(C(C)=O)CC3)c2)c2c1C(=O)NCCCOCCC2. The molecule has 4 rings (SSSR count). The first kappa shape index (κ1) is 31.6. The smallest absolute Gasteiger partial charge is 0.338 e. The van der Waals surface area contributed by atoms with Crippen molar-refractivity contribution < 1.29 is 32.3 Å². The van der Waals surface area contributed by atoms with Gasteiger partial charge in [0, 0.05) is 65.3 Å². The Morgan fingerprint density at radius 2 is 1.88 bits per heavy atom. The quantitative estimate of drug-likeness (QED) is 0.451. The van der Waals surface area contributed by atoms with Gasteiger partial charge < -0.3 is 19.7 Å². The summed E-state index contributed by atoms with van der Waals surface area (Å²) < 4.78 is 40.8. The van der Waals surface area contributed by atoms with Crippen LogP contribution in [-0.4, -0.2) is 97.7 Å². The average molecular weight is 604 g/mol. The van der Waals surface area contributed by atoms with Gasteiger partial charge in [0.25, 0.3) is 5.91 Å². The van der Waals surface area contributed by atoms with Crippen LogP contribution in [0.25, 0.3) is 0 Å². The standard InChI is InChI=1S/C29H41N5O7S/c1-4-25-27-26(10-6-16-40-17-7-11-30-28(27)36)34(31-25)19-21(2)20-41-29(37)23-8-5-9-24(18-23)42(38,39)33-14-12-32(13-15-33)22(3)35/h5,8-9,18,21H,4,6-7,10-17,19-20H2,1-3H3,(H,30,36)/t21-/m1/s1. The van der Waals surface area contributed by atoms with Crippen LogP contribution in [-0.2, 0) is 43.7 Å². The van der Waals surface area contributed by atoms with Crippen molar-refractivity contribution in [2.75, 3.05) is 52.5 Å². The lowest BCUT2D eigenvalue weighted by Crippen LogP contribution is -2.49. The maximum Gasteiger partial charge on any atom is 0.338 e. The van der Waals surface area contributed by atoms with E-state index in [2.05, 4.69) is 5.32 Å². The maximum atomic E-state index is 13.2. The monoisotopic (exact) mass is 603 g/mol. The first-order chi connectivity index (χ1) is 20.1. The van der Waals surface area contributed by atoms with Gasteiger partial charge in [0.15, 0.2) is 0 Å². The van der Waals surface area contributed by atoms with E-state index in [1.807, 2.05) is 18.5 Å². The molecule has 0 spiro atoms. The van der Waals surface area contributed by atoms with E-state index in [4.69, 9.17) is 14.6 Å². The molecule has 1 N–H and O–H groups in total. The lowest BCUT2D eigenvalue weighted by atomic mass is 10.1. The molecule has 2 aliphatic heterocycles. The van der Waals surface area contributed by atoms with E-state index in [0.29, 0.717) is 57.8 Å². The van der Waals surface area contributed by atoms with Gasteiger partial charge in [-0.3, -0.25) is 14.3 Å². The van der Waals surface area contributed by atoms with Crippen LogP contribution in [0.5, 0.6) is 0 Å². The first-order valence-electron chi connectivity index (χ1n) is 14.6. The summed E-state index contributed by atoms with van der Waals surface area (Å²) >= 11 is 0. The largest absolute Gasteiger partial charge is 0.462 e. The molecule has 1 aromatic carbocycles. The molecule has 0 saturated carbocycles. The predicted molar refractivity (Wildman–Crippen MR) is 155 cm³/mol. The number of piperazine rings is 1. The zero-order valence-electron chi connectivity index (χ0n) is 24.6. The number of carbonyl (C=O) groups excluding carboxylic acids is 3. The number of ether oxygens (including phenoxy) is 2. The van der Waals surface area contributed by atoms with Crippen molar-refractivity contribution in [1.82, 2.24) is 24.3 Å². The highest BCUT2D eigenvalue weighted by Crippen LogP contribution is 2.22. The Bertz CT molecular complexity index is 1380. The van der Waals surface area contributed by atoms with Gasteiger partial charge in [0.2, 0.25) is 15.9 Å². The Morgan fingerprint density at radius 3 is 2.60 bits per heavy atom. The van der Waals surface area contributed by atoms with Gasteiger partial charge in [0.05, 0.1) is 34.0 Å². The van der Waals surface area contributed by atoms with Gasteiger partial charge in [0.1, 0.15) is 0 Å². The number of aryl methyl sites for hydroxylation is 1. The second kappa shape index (κ2) is 14.3. The Hall–Kier alpha value is -3.29. The van der Waals surface area contributed by atoms with Crippen LogP contribution in [0.3, 0.4) is 0 Å². The number of fused-ring (bicyclic) bond motifs is 1. The van der Waals surface area contributed by atoms with E-state index < -0.39 is 16.0 Å². The summed E-state index contributed by atoms with van der Waals surface area (Å²) in [4.78, 5) is 39.1. The molecule has 2 aliphatic rings. The van der Waals surface area contributed by atoms with Gasteiger partial charge in [-0.05, 0) is 43.9 Å². The highest BCUT2D eigenvalue weighted by Gasteiger charge is 2.30. The number of nitrogens with zero attached hydrogens (tertiary/aromatic N) is 4. The number of hydrogen-bond acceptors (Lipinski definition) is 8. The molecule has 230 valence electrons. The minimum Gasteiger partial charge on any atom is -0.462 e. The Kier molecular flexibility index (Phi) is 10.7. The number of hydrogen-bond donors (Lipinski definition) is 1. The van der Waals surface area contributed by atoms with E-state index in [1.54, 1.807) is 4.90 Å². The Labute approximate surface area is 247 Å². The minimum absolute atomic E-state index is 0.00768. The molecular formula is C29H41N5O7S. The lowest BCUT2D eigenvalue weighted by Gasteiger charge is -2.33. The molecule has 1 saturated heterocycles. The number of rotatable bonds is 8. The molecule has 1 aromatic heterocycles. The lowest BCUT2D eigenvalue weighted by molar-refractivity contribution is -0.129. The summed E-state index contributed by atoms with van der Waals surface area (Å²) in [5.41, 5.74) is 2.37. The minimum atomic E-state index is -3.83. The number of nitrogens with one attached hydrogen (secondary N) is 1. The average Bonchev–Trinajstić information content (AvgIpc) is 3.31. The molecule has 13 heteroatoms. The number of amides is 2. The van der Waals surface area contributed by atoms with E-state index in [9.17, 15) is 22.8 Å². The number of esters is 1. The molecule has 0 unspecified atom stereocenters. The van der Waals surface area contributed by atoms with Crippen LogP contribution in [0, 0.1) is 5.92 Å². The van der Waals surface area contributed by atoms with E-state index in [-0.39, 0.29) is 47.9 Å². The highest BCUT2D eigenvalue weighted by molar-refractivity contribution is 7.89. The van der Waals surface area contributed by atoms with Gasteiger partial charge in [-0.1, -0.05) is 19.9 Å². The second-order valence-corrected chi connectivity index (χ2v) is 12.7. The van der Waals surface area contributed by atoms with E-state index in [0.717, 1.165) is 24.2 Å². The fourth-order valence-electron chi connectivity index (χ4n) is 5.20. The summed E-state index contributed by atoms with van der Waals surface area (Å²) in [5.74, 6) is -0.947. The van der Waals surface area contributed by atoms with Crippen molar-refractivity contribution in [3.63, 3.8) is 0 Å². The normalized spacial score (nSPS) is 18.0. The molecule has 0 aliphatic carbocycles. The first-order valence-corrected chi connectivity index (χ1v) is 16.0. The van der Waals surface area contributed by atoms with Crippen molar-refractivity contribution in [3.8, 4) is 0 Å². The fourth-order valence-corrected chi connectivity index (χ4v) is 6.67. The zero-order chi connectivity index (χ0) is 30.3. The van der Waals surface area contributed by atoms with Gasteiger partial charge in [-0.15, -0.1) is 0 Å². The number of aromatic nitrogens is 2. The van der Waals surface area contributed by atoms with Crippen molar-refractivity contribution >= 4 is 27.8 Å². The summed E-state index contributed by atoms with van der Waals surface area (Å²) in [5, 5.41) is 7.71. The van der Waals surface area contributed by atoms with Crippen molar-refractivity contribution in [2.45, 2.75) is 57.9 Å². The van der Waals surface area contributed by atoms with Crippen molar-refractivity contribution in [1.29, 1.82) is 0 Å². The van der Waals surface area contributed by atoms with Crippen molar-refractivity contribution in [2.24, 2.45) is 5.92 Å². The van der Waals surface area contributed by atoms with E-state index >= 15 is 0 Å². The molecular weight excluding hydrogens is 562 g/mol. The second-order valence-electron chi connectivity index (χ2n) is 10.8. The predicted octanol–water partition coefficient (Wildman–Crippen LogP) is 1.87. The molecule has 0 radical (unpaired) electrons. The van der Waals surface area contributed by atoms with Crippen LogP contribution in [0.1, 0.15) is 65.7 Å². The third-order valence-corrected chi connectivity index (χ3v) is 9.42. The fraction of sp³-hybridized carbons (Fsp3) is 0.586. The van der Waals surface area contributed by atoms with Crippen LogP contribution >= 0.6 is 0 Å². The Morgan fingerprint density at radius 1 is 1.14 bits per heavy atom. The molecule has 3 heterocycles. The van der Waals surface area contributed by atoms with Crippen LogP contribution in [0.2, 0.25) is 0 Å². The van der Waals surface area contributed by atoms with E-state index in [1.165, 1.54) is 35.5 Å². The van der Waals surface area contributed by atoms with Gasteiger partial charge in [-0.2, -0.15) is 9.40 Å². The maximum absolute atomic E-state index is 13.2. The van der Waals surface area contributed by atoms with Crippen molar-refractivity contribution in [3.05, 3.63) is 46.8 Å². The third kappa shape index (κ3) is 7.56. The van der Waals surface area contributed by atoms with Gasteiger partial charge >= 0.3 is 5.97 Å².